The molecule has 0 amide bonds. The molecular weight excluding hydrogens is 296 g/mol. The summed E-state index contributed by atoms with van der Waals surface area (Å²) in [7, 11) is 5.90. The molecule has 0 saturated carbocycles. The van der Waals surface area contributed by atoms with Crippen LogP contribution in [0, 0.1) is 0 Å². The van der Waals surface area contributed by atoms with Gasteiger partial charge in [-0.2, -0.15) is 5.10 Å². The molecule has 1 aliphatic heterocycles. The van der Waals surface area contributed by atoms with Crippen molar-refractivity contribution >= 4 is 21.6 Å². The highest BCUT2D eigenvalue weighted by Gasteiger charge is 2.23. The third kappa shape index (κ3) is 2.59. The number of anilines is 1. The van der Waals surface area contributed by atoms with Gasteiger partial charge in [0.05, 0.1) is 11.9 Å². The molecule has 0 bridgehead atoms. The number of aromatic nitrogens is 2. The minimum Gasteiger partial charge on any atom is -0.369 e. The highest BCUT2D eigenvalue weighted by atomic mass is 79.9. The molecule has 1 aliphatic rings. The van der Waals surface area contributed by atoms with E-state index < -0.39 is 0 Å². The van der Waals surface area contributed by atoms with Crippen LogP contribution >= 0.6 is 15.9 Å². The van der Waals surface area contributed by atoms with E-state index >= 15 is 0 Å². The first kappa shape index (κ1) is 13.5. The van der Waals surface area contributed by atoms with Crippen molar-refractivity contribution in [3.63, 3.8) is 0 Å². The quantitative estimate of drug-likeness (QED) is 0.819. The van der Waals surface area contributed by atoms with Crippen LogP contribution in [0.1, 0.15) is 12.8 Å². The molecule has 1 aromatic rings. The van der Waals surface area contributed by atoms with E-state index in [1.807, 2.05) is 0 Å². The molecule has 5 nitrogen and oxygen atoms in total. The molecule has 0 radical (unpaired) electrons. The Hall–Kier alpha value is -0.880. The van der Waals surface area contributed by atoms with Crippen molar-refractivity contribution in [2.75, 3.05) is 32.1 Å². The normalized spacial score (nSPS) is 17.5. The fourth-order valence-corrected chi connectivity index (χ4v) is 2.96. The maximum atomic E-state index is 11.8. The summed E-state index contributed by atoms with van der Waals surface area (Å²) in [6.07, 6.45) is 4.00. The van der Waals surface area contributed by atoms with Crippen molar-refractivity contribution in [3.8, 4) is 0 Å². The first-order chi connectivity index (χ1) is 8.50. The average molecular weight is 315 g/mol. The van der Waals surface area contributed by atoms with Gasteiger partial charge in [-0.25, -0.2) is 4.68 Å². The fourth-order valence-electron chi connectivity index (χ4n) is 2.35. The van der Waals surface area contributed by atoms with Crippen LogP contribution in [0.4, 0.5) is 5.69 Å². The highest BCUT2D eigenvalue weighted by Crippen LogP contribution is 2.25. The molecule has 100 valence electrons. The molecule has 2 heterocycles. The third-order valence-corrected chi connectivity index (χ3v) is 4.34. The molecule has 18 heavy (non-hydrogen) atoms. The first-order valence-corrected chi connectivity index (χ1v) is 6.93. The van der Waals surface area contributed by atoms with Gasteiger partial charge in [-0.3, -0.25) is 4.79 Å². The molecule has 1 saturated heterocycles. The minimum atomic E-state index is -0.0813. The maximum Gasteiger partial charge on any atom is 0.282 e. The predicted molar refractivity (Wildman–Crippen MR) is 76.1 cm³/mol. The zero-order valence-electron chi connectivity index (χ0n) is 11.1. The summed E-state index contributed by atoms with van der Waals surface area (Å²) in [5, 5.41) is 4.09. The van der Waals surface area contributed by atoms with Gasteiger partial charge in [0.1, 0.15) is 4.47 Å². The predicted octanol–water partition coefficient (Wildman–Crippen LogP) is 1.07. The molecule has 0 aliphatic carbocycles. The molecule has 0 unspecified atom stereocenters. The second kappa shape index (κ2) is 5.40. The molecule has 1 fully saturated rings. The smallest absolute Gasteiger partial charge is 0.282 e. The number of halogens is 1. The molecule has 0 N–H and O–H groups in total. The number of nitrogens with zero attached hydrogens (tertiary/aromatic N) is 4. The minimum absolute atomic E-state index is 0.0813. The summed E-state index contributed by atoms with van der Waals surface area (Å²) >= 11 is 3.39. The van der Waals surface area contributed by atoms with Crippen LogP contribution < -0.4 is 10.5 Å². The Kier molecular flexibility index (Phi) is 4.07. The van der Waals surface area contributed by atoms with E-state index in [-0.39, 0.29) is 5.56 Å². The second-order valence-electron chi connectivity index (χ2n) is 4.95. The van der Waals surface area contributed by atoms with Gasteiger partial charge >= 0.3 is 0 Å². The number of rotatable bonds is 2. The maximum absolute atomic E-state index is 11.8. The van der Waals surface area contributed by atoms with E-state index in [1.54, 1.807) is 13.2 Å². The molecule has 0 aromatic carbocycles. The van der Waals surface area contributed by atoms with E-state index in [1.165, 1.54) is 4.68 Å². The van der Waals surface area contributed by atoms with Crippen LogP contribution in [0.2, 0.25) is 0 Å². The molecule has 6 heteroatoms. The van der Waals surface area contributed by atoms with Crippen LogP contribution in [0.3, 0.4) is 0 Å². The number of aryl methyl sites for hydroxylation is 1. The van der Waals surface area contributed by atoms with Crippen molar-refractivity contribution in [2.24, 2.45) is 7.05 Å². The zero-order valence-corrected chi connectivity index (χ0v) is 12.6. The van der Waals surface area contributed by atoms with E-state index in [9.17, 15) is 4.79 Å². The summed E-state index contributed by atoms with van der Waals surface area (Å²) in [6, 6.07) is 0.638. The average Bonchev–Trinajstić information content (AvgIpc) is 2.36. The zero-order chi connectivity index (χ0) is 13.3. The van der Waals surface area contributed by atoms with Crippen molar-refractivity contribution in [2.45, 2.75) is 18.9 Å². The van der Waals surface area contributed by atoms with Crippen LogP contribution in [-0.4, -0.2) is 47.9 Å². The second-order valence-corrected chi connectivity index (χ2v) is 5.75. The van der Waals surface area contributed by atoms with Gasteiger partial charge in [0.25, 0.3) is 5.56 Å². The van der Waals surface area contributed by atoms with Crippen molar-refractivity contribution in [3.05, 3.63) is 21.0 Å². The Morgan fingerprint density at radius 1 is 1.39 bits per heavy atom. The number of piperidine rings is 1. The largest absolute Gasteiger partial charge is 0.369 e. The van der Waals surface area contributed by atoms with Gasteiger partial charge in [-0.05, 0) is 42.9 Å². The van der Waals surface area contributed by atoms with Crippen molar-refractivity contribution < 1.29 is 0 Å². The number of hydrogen-bond donors (Lipinski definition) is 0. The molecule has 2 rings (SSSR count). The Morgan fingerprint density at radius 3 is 2.56 bits per heavy atom. The Balaban J connectivity index is 2.15. The fraction of sp³-hybridized carbons (Fsp3) is 0.667. The van der Waals surface area contributed by atoms with Crippen LogP contribution in [-0.2, 0) is 7.05 Å². The van der Waals surface area contributed by atoms with E-state index in [2.05, 4.69) is 44.9 Å². The number of hydrogen-bond acceptors (Lipinski definition) is 4. The summed E-state index contributed by atoms with van der Waals surface area (Å²) in [6.45, 7) is 1.94. The van der Waals surface area contributed by atoms with Gasteiger partial charge in [0.15, 0.2) is 0 Å². The SMILES string of the molecule is CN(C)C1CCN(c2cnn(C)c(=O)c2Br)CC1. The highest BCUT2D eigenvalue weighted by molar-refractivity contribution is 9.10. The lowest BCUT2D eigenvalue weighted by Gasteiger charge is -2.36. The molecule has 0 atom stereocenters. The van der Waals surface area contributed by atoms with Crippen LogP contribution in [0.5, 0.6) is 0 Å². The van der Waals surface area contributed by atoms with E-state index in [0.29, 0.717) is 10.5 Å². The van der Waals surface area contributed by atoms with Gasteiger partial charge in [-0.1, -0.05) is 0 Å². The summed E-state index contributed by atoms with van der Waals surface area (Å²) < 4.78 is 1.96. The summed E-state index contributed by atoms with van der Waals surface area (Å²) in [5.74, 6) is 0. The lowest BCUT2D eigenvalue weighted by Crippen LogP contribution is -2.42. The lowest BCUT2D eigenvalue weighted by molar-refractivity contribution is 0.249. The molecular formula is C12H19BrN4O. The Morgan fingerprint density at radius 2 is 2.00 bits per heavy atom. The van der Waals surface area contributed by atoms with Crippen molar-refractivity contribution in [1.82, 2.24) is 14.7 Å². The Labute approximate surface area is 116 Å². The van der Waals surface area contributed by atoms with Crippen LogP contribution in [0.25, 0.3) is 0 Å². The molecule has 0 spiro atoms. The standard InChI is InChI=1S/C12H19BrN4O/c1-15(2)9-4-6-17(7-5-9)10-8-14-16(3)12(18)11(10)13/h8-9H,4-7H2,1-3H3. The van der Waals surface area contributed by atoms with E-state index in [4.69, 9.17) is 0 Å². The van der Waals surface area contributed by atoms with Crippen LogP contribution in [0.15, 0.2) is 15.5 Å². The van der Waals surface area contributed by atoms with Gasteiger partial charge in [0.2, 0.25) is 0 Å². The van der Waals surface area contributed by atoms with Gasteiger partial charge in [-0.15, -0.1) is 0 Å². The summed E-state index contributed by atoms with van der Waals surface area (Å²) in [5.41, 5.74) is 0.831. The van der Waals surface area contributed by atoms with Crippen molar-refractivity contribution in [1.29, 1.82) is 0 Å². The topological polar surface area (TPSA) is 41.4 Å². The summed E-state index contributed by atoms with van der Waals surface area (Å²) in [4.78, 5) is 16.3. The van der Waals surface area contributed by atoms with Gasteiger partial charge in [0, 0.05) is 26.2 Å². The Bertz CT molecular complexity index is 477. The molecule has 1 aromatic heterocycles. The first-order valence-electron chi connectivity index (χ1n) is 6.14. The third-order valence-electron chi connectivity index (χ3n) is 3.60. The lowest BCUT2D eigenvalue weighted by atomic mass is 10.0. The van der Waals surface area contributed by atoms with E-state index in [0.717, 1.165) is 31.6 Å². The van der Waals surface area contributed by atoms with Gasteiger partial charge < -0.3 is 9.80 Å². The monoisotopic (exact) mass is 314 g/mol.